The Morgan fingerprint density at radius 3 is 2.61 bits per heavy atom. The van der Waals surface area contributed by atoms with E-state index in [1.54, 1.807) is 19.8 Å². The molecular weight excluding hydrogens is 406 g/mol. The smallest absolute Gasteiger partial charge is 0.120 e. The molecule has 6 atom stereocenters. The highest BCUT2D eigenvalue weighted by molar-refractivity contribution is 6.20. The van der Waals surface area contributed by atoms with Crippen LogP contribution in [-0.4, -0.2) is 25.6 Å². The van der Waals surface area contributed by atoms with Crippen LogP contribution < -0.4 is 14.8 Å². The number of benzene rings is 2. The lowest BCUT2D eigenvalue weighted by molar-refractivity contribution is -0.0124. The Bertz CT molecular complexity index is 947. The van der Waals surface area contributed by atoms with Crippen LogP contribution in [0.5, 0.6) is 11.5 Å². The third kappa shape index (κ3) is 3.69. The Morgan fingerprint density at radius 2 is 1.81 bits per heavy atom. The molecular formula is C27H34ClNO2. The first kappa shape index (κ1) is 21.0. The van der Waals surface area contributed by atoms with Crippen molar-refractivity contribution in [2.24, 2.45) is 17.3 Å². The van der Waals surface area contributed by atoms with Crippen molar-refractivity contribution in [3.05, 3.63) is 53.6 Å². The number of hydrogen-bond donors (Lipinski definition) is 1. The minimum Gasteiger partial charge on any atom is -0.497 e. The van der Waals surface area contributed by atoms with Gasteiger partial charge in [-0.3, -0.25) is 0 Å². The van der Waals surface area contributed by atoms with Crippen LogP contribution in [0, 0.1) is 17.3 Å². The molecule has 1 N–H and O–H groups in total. The predicted molar refractivity (Wildman–Crippen MR) is 128 cm³/mol. The summed E-state index contributed by atoms with van der Waals surface area (Å²) in [5, 5.41) is 4.11. The van der Waals surface area contributed by atoms with Crippen LogP contribution in [0.15, 0.2) is 42.5 Å². The van der Waals surface area contributed by atoms with Crippen molar-refractivity contribution in [2.75, 3.05) is 19.5 Å². The molecule has 4 heteroatoms. The van der Waals surface area contributed by atoms with Gasteiger partial charge in [-0.05, 0) is 97.1 Å². The topological polar surface area (TPSA) is 30.5 Å². The molecule has 0 amide bonds. The molecule has 0 unspecified atom stereocenters. The number of alkyl halides is 1. The Morgan fingerprint density at radius 1 is 1.00 bits per heavy atom. The SMILES string of the molecule is COc1cccc(N[C@H]2C[C@@H](Cl)C[C@H]3[C@@H]4CCc5cc(OC)ccc5[C@H]4CC[C@]23C)c1. The second-order valence-corrected chi connectivity index (χ2v) is 10.6. The molecule has 166 valence electrons. The van der Waals surface area contributed by atoms with E-state index in [1.165, 1.54) is 24.8 Å². The number of aryl methyl sites for hydroxylation is 1. The summed E-state index contributed by atoms with van der Waals surface area (Å²) in [6.07, 6.45) is 7.09. The van der Waals surface area contributed by atoms with Crippen LogP contribution >= 0.6 is 11.6 Å². The Kier molecular flexibility index (Phi) is 5.58. The zero-order chi connectivity index (χ0) is 21.6. The van der Waals surface area contributed by atoms with Gasteiger partial charge in [-0.15, -0.1) is 11.6 Å². The highest BCUT2D eigenvalue weighted by Gasteiger charge is 2.54. The van der Waals surface area contributed by atoms with E-state index in [1.807, 2.05) is 6.07 Å². The highest BCUT2D eigenvalue weighted by Crippen LogP contribution is 2.60. The van der Waals surface area contributed by atoms with Gasteiger partial charge < -0.3 is 14.8 Å². The van der Waals surface area contributed by atoms with Gasteiger partial charge in [0, 0.05) is 23.2 Å². The van der Waals surface area contributed by atoms with Gasteiger partial charge in [0.05, 0.1) is 14.2 Å². The maximum Gasteiger partial charge on any atom is 0.120 e. The van der Waals surface area contributed by atoms with E-state index < -0.39 is 0 Å². The molecule has 0 spiro atoms. The van der Waals surface area contributed by atoms with E-state index in [-0.39, 0.29) is 10.8 Å². The van der Waals surface area contributed by atoms with Crippen LogP contribution in [0.2, 0.25) is 0 Å². The standard InChI is InChI=1S/C27H34ClNO2/c1-27-12-11-23-22-10-8-21(31-3)13-17(22)7-9-24(23)25(27)14-18(28)15-26(27)29-19-5-4-6-20(16-19)30-2/h4-6,8,10,13,16,18,23-26,29H,7,9,11-12,14-15H2,1-3H3/t18-,23+,24+,25-,26-,27-/m0/s1. The average molecular weight is 440 g/mol. The molecule has 2 aromatic rings. The van der Waals surface area contributed by atoms with E-state index in [2.05, 4.69) is 48.6 Å². The van der Waals surface area contributed by atoms with Crippen LogP contribution in [0.1, 0.15) is 56.1 Å². The Hall–Kier alpha value is -1.87. The number of halogens is 1. The molecule has 3 nitrogen and oxygen atoms in total. The first-order chi connectivity index (χ1) is 15.0. The van der Waals surface area contributed by atoms with Crippen molar-refractivity contribution >= 4 is 17.3 Å². The highest BCUT2D eigenvalue weighted by atomic mass is 35.5. The van der Waals surface area contributed by atoms with E-state index >= 15 is 0 Å². The number of methoxy groups -OCH3 is 2. The molecule has 0 heterocycles. The first-order valence-corrected chi connectivity index (χ1v) is 12.2. The average Bonchev–Trinajstić information content (AvgIpc) is 2.79. The van der Waals surface area contributed by atoms with Gasteiger partial charge in [0.25, 0.3) is 0 Å². The first-order valence-electron chi connectivity index (χ1n) is 11.7. The van der Waals surface area contributed by atoms with E-state index in [0.717, 1.165) is 42.4 Å². The molecule has 2 fully saturated rings. The maximum atomic E-state index is 6.91. The van der Waals surface area contributed by atoms with Crippen molar-refractivity contribution in [1.29, 1.82) is 0 Å². The molecule has 31 heavy (non-hydrogen) atoms. The lowest BCUT2D eigenvalue weighted by Gasteiger charge is -2.58. The molecule has 0 radical (unpaired) electrons. The third-order valence-electron chi connectivity index (χ3n) is 8.58. The number of nitrogens with one attached hydrogen (secondary N) is 1. The van der Waals surface area contributed by atoms with E-state index in [4.69, 9.17) is 21.1 Å². The van der Waals surface area contributed by atoms with Gasteiger partial charge in [-0.25, -0.2) is 0 Å². The van der Waals surface area contributed by atoms with Gasteiger partial charge in [0.2, 0.25) is 0 Å². The minimum absolute atomic E-state index is 0.234. The van der Waals surface area contributed by atoms with Gasteiger partial charge in [0.15, 0.2) is 0 Å². The monoisotopic (exact) mass is 439 g/mol. The Labute approximate surface area is 191 Å². The Balaban J connectivity index is 1.43. The predicted octanol–water partition coefficient (Wildman–Crippen LogP) is 6.65. The molecule has 3 aliphatic carbocycles. The van der Waals surface area contributed by atoms with E-state index in [0.29, 0.717) is 17.9 Å². The molecule has 0 saturated heterocycles. The zero-order valence-corrected chi connectivity index (χ0v) is 19.6. The number of anilines is 1. The number of ether oxygens (including phenoxy) is 2. The molecule has 2 aromatic carbocycles. The molecule has 0 aromatic heterocycles. The fraction of sp³-hybridized carbons (Fsp3) is 0.556. The minimum atomic E-state index is 0.234. The zero-order valence-electron chi connectivity index (χ0n) is 18.9. The number of rotatable bonds is 4. The third-order valence-corrected chi connectivity index (χ3v) is 8.94. The lowest BCUT2D eigenvalue weighted by atomic mass is 9.49. The molecule has 5 rings (SSSR count). The molecule has 3 aliphatic rings. The molecule has 2 saturated carbocycles. The van der Waals surface area contributed by atoms with Crippen molar-refractivity contribution in [3.63, 3.8) is 0 Å². The summed E-state index contributed by atoms with van der Waals surface area (Å²) in [5.41, 5.74) is 4.46. The number of hydrogen-bond acceptors (Lipinski definition) is 3. The van der Waals surface area contributed by atoms with Gasteiger partial charge in [0.1, 0.15) is 11.5 Å². The van der Waals surface area contributed by atoms with Crippen molar-refractivity contribution in [3.8, 4) is 11.5 Å². The summed E-state index contributed by atoms with van der Waals surface area (Å²) in [7, 11) is 3.49. The summed E-state index contributed by atoms with van der Waals surface area (Å²) in [6, 6.07) is 15.4. The summed E-state index contributed by atoms with van der Waals surface area (Å²) < 4.78 is 10.9. The largest absolute Gasteiger partial charge is 0.497 e. The summed E-state index contributed by atoms with van der Waals surface area (Å²) in [4.78, 5) is 0. The molecule has 0 aliphatic heterocycles. The van der Waals surface area contributed by atoms with Gasteiger partial charge >= 0.3 is 0 Å². The number of fused-ring (bicyclic) bond motifs is 5. The van der Waals surface area contributed by atoms with Crippen LogP contribution in [0.4, 0.5) is 5.69 Å². The van der Waals surface area contributed by atoms with Crippen molar-refractivity contribution < 1.29 is 9.47 Å². The van der Waals surface area contributed by atoms with Crippen molar-refractivity contribution in [2.45, 2.75) is 62.8 Å². The van der Waals surface area contributed by atoms with Gasteiger partial charge in [-0.2, -0.15) is 0 Å². The quantitative estimate of drug-likeness (QED) is 0.541. The lowest BCUT2D eigenvalue weighted by Crippen LogP contribution is -2.55. The van der Waals surface area contributed by atoms with Gasteiger partial charge in [-0.1, -0.05) is 19.1 Å². The van der Waals surface area contributed by atoms with E-state index in [9.17, 15) is 0 Å². The fourth-order valence-corrected chi connectivity index (χ4v) is 7.31. The fourth-order valence-electron chi connectivity index (χ4n) is 6.94. The second kappa shape index (κ2) is 8.24. The maximum absolute atomic E-state index is 6.91. The van der Waals surface area contributed by atoms with Crippen molar-refractivity contribution in [1.82, 2.24) is 0 Å². The van der Waals surface area contributed by atoms with Crippen LogP contribution in [0.3, 0.4) is 0 Å². The summed E-state index contributed by atoms with van der Waals surface area (Å²) >= 11 is 6.91. The van der Waals surface area contributed by atoms with Crippen LogP contribution in [-0.2, 0) is 6.42 Å². The summed E-state index contributed by atoms with van der Waals surface area (Å²) in [6.45, 7) is 2.53. The second-order valence-electron chi connectivity index (χ2n) is 10.0. The molecule has 0 bridgehead atoms. The normalized spacial score (nSPS) is 34.1. The van der Waals surface area contributed by atoms with Crippen LogP contribution in [0.25, 0.3) is 0 Å². The summed E-state index contributed by atoms with van der Waals surface area (Å²) in [5.74, 6) is 3.91.